The molecule has 114 valence electrons. The van der Waals surface area contributed by atoms with Gasteiger partial charge < -0.3 is 21.1 Å². The third-order valence-corrected chi connectivity index (χ3v) is 3.69. The first-order chi connectivity index (χ1) is 9.45. The summed E-state index contributed by atoms with van der Waals surface area (Å²) in [5.74, 6) is -2.11. The fourth-order valence-corrected chi connectivity index (χ4v) is 2.47. The second-order valence-corrected chi connectivity index (χ2v) is 5.16. The van der Waals surface area contributed by atoms with Gasteiger partial charge in [-0.2, -0.15) is 0 Å². The van der Waals surface area contributed by atoms with Gasteiger partial charge in [0.2, 0.25) is 5.91 Å². The fraction of sp³-hybridized carbons (Fsp3) is 0.769. The molecule has 0 bridgehead atoms. The van der Waals surface area contributed by atoms with Gasteiger partial charge in [-0.05, 0) is 19.3 Å². The molecule has 0 aromatic carbocycles. The number of carbonyl (C=O) groups is 3. The molecule has 7 nitrogen and oxygen atoms in total. The summed E-state index contributed by atoms with van der Waals surface area (Å²) in [6.07, 6.45) is 4.21. The number of nitrogens with one attached hydrogen (secondary N) is 1. The zero-order valence-corrected chi connectivity index (χ0v) is 11.8. The smallest absolute Gasteiger partial charge is 0.318 e. The number of primary amides is 1. The van der Waals surface area contributed by atoms with Crippen molar-refractivity contribution in [3.05, 3.63) is 0 Å². The van der Waals surface area contributed by atoms with Crippen LogP contribution in [-0.4, -0.2) is 47.0 Å². The topological polar surface area (TPSA) is 113 Å². The van der Waals surface area contributed by atoms with Crippen molar-refractivity contribution in [1.29, 1.82) is 0 Å². The molecule has 0 saturated heterocycles. The zero-order chi connectivity index (χ0) is 15.1. The first-order valence-corrected chi connectivity index (χ1v) is 7.01. The Morgan fingerprint density at radius 3 is 2.40 bits per heavy atom. The molecule has 1 atom stereocenters. The number of amides is 3. The average Bonchev–Trinajstić information content (AvgIpc) is 2.89. The van der Waals surface area contributed by atoms with Crippen LogP contribution in [0.25, 0.3) is 0 Å². The molecule has 1 aliphatic carbocycles. The molecule has 4 N–H and O–H groups in total. The van der Waals surface area contributed by atoms with Crippen molar-refractivity contribution in [3.63, 3.8) is 0 Å². The molecular formula is C13H23N3O4. The van der Waals surface area contributed by atoms with Crippen molar-refractivity contribution < 1.29 is 19.5 Å². The molecule has 0 aromatic heterocycles. The number of rotatable bonds is 7. The van der Waals surface area contributed by atoms with Crippen LogP contribution in [0.5, 0.6) is 0 Å². The van der Waals surface area contributed by atoms with E-state index in [-0.39, 0.29) is 19.1 Å². The third-order valence-electron chi connectivity index (χ3n) is 3.69. The van der Waals surface area contributed by atoms with Gasteiger partial charge in [0.15, 0.2) is 0 Å². The van der Waals surface area contributed by atoms with E-state index in [1.165, 1.54) is 4.90 Å². The summed E-state index contributed by atoms with van der Waals surface area (Å²) in [4.78, 5) is 35.5. The van der Waals surface area contributed by atoms with Crippen molar-refractivity contribution in [2.45, 2.75) is 45.1 Å². The highest BCUT2D eigenvalue weighted by Gasteiger charge is 2.28. The van der Waals surface area contributed by atoms with Crippen LogP contribution < -0.4 is 11.1 Å². The van der Waals surface area contributed by atoms with Crippen molar-refractivity contribution in [2.24, 2.45) is 11.7 Å². The van der Waals surface area contributed by atoms with Gasteiger partial charge in [0, 0.05) is 12.6 Å². The molecule has 0 spiro atoms. The second-order valence-electron chi connectivity index (χ2n) is 5.16. The summed E-state index contributed by atoms with van der Waals surface area (Å²) in [7, 11) is 0. The van der Waals surface area contributed by atoms with E-state index in [0.717, 1.165) is 25.7 Å². The zero-order valence-electron chi connectivity index (χ0n) is 11.8. The quantitative estimate of drug-likeness (QED) is 0.633. The number of nitrogens with two attached hydrogens (primary N) is 1. The number of carboxylic acids is 1. The number of aliphatic carboxylic acids is 1. The maximum atomic E-state index is 12.1. The molecule has 20 heavy (non-hydrogen) atoms. The Morgan fingerprint density at radius 2 is 1.95 bits per heavy atom. The first-order valence-electron chi connectivity index (χ1n) is 7.01. The number of carbonyl (C=O) groups excluding carboxylic acids is 2. The van der Waals surface area contributed by atoms with Gasteiger partial charge in [0.25, 0.3) is 0 Å². The van der Waals surface area contributed by atoms with E-state index in [0.29, 0.717) is 6.42 Å². The van der Waals surface area contributed by atoms with Crippen LogP contribution in [0.1, 0.15) is 39.0 Å². The largest absolute Gasteiger partial charge is 0.481 e. The number of hydrogen-bond acceptors (Lipinski definition) is 3. The minimum absolute atomic E-state index is 0.0207. The van der Waals surface area contributed by atoms with Gasteiger partial charge in [-0.25, -0.2) is 4.79 Å². The van der Waals surface area contributed by atoms with Crippen molar-refractivity contribution in [3.8, 4) is 0 Å². The lowest BCUT2D eigenvalue weighted by Gasteiger charge is -2.28. The normalized spacial score (nSPS) is 16.6. The predicted octanol–water partition coefficient (Wildman–Crippen LogP) is 0.537. The Balaban J connectivity index is 2.58. The maximum absolute atomic E-state index is 12.1. The van der Waals surface area contributed by atoms with Gasteiger partial charge in [-0.15, -0.1) is 0 Å². The van der Waals surface area contributed by atoms with Gasteiger partial charge in [-0.3, -0.25) is 9.59 Å². The van der Waals surface area contributed by atoms with Crippen molar-refractivity contribution in [1.82, 2.24) is 10.2 Å². The van der Waals surface area contributed by atoms with Crippen LogP contribution in [0.3, 0.4) is 0 Å². The Hall–Kier alpha value is -1.79. The number of carboxylic acid groups (broad SMARTS) is 1. The molecule has 0 aromatic rings. The molecule has 1 saturated carbocycles. The highest BCUT2D eigenvalue weighted by atomic mass is 16.4. The highest BCUT2D eigenvalue weighted by Crippen LogP contribution is 2.23. The molecular weight excluding hydrogens is 262 g/mol. The van der Waals surface area contributed by atoms with E-state index in [2.05, 4.69) is 5.32 Å². The summed E-state index contributed by atoms with van der Waals surface area (Å²) < 4.78 is 0. The number of hydrogen-bond donors (Lipinski definition) is 3. The van der Waals surface area contributed by atoms with Crippen LogP contribution in [-0.2, 0) is 9.59 Å². The Labute approximate surface area is 118 Å². The SMILES string of the molecule is CCC(CNC(=O)N(CC(N)=O)C1CCCC1)C(=O)O. The van der Waals surface area contributed by atoms with E-state index >= 15 is 0 Å². The Bertz CT molecular complexity index is 367. The van der Waals surface area contributed by atoms with E-state index in [4.69, 9.17) is 10.8 Å². The molecule has 1 aliphatic rings. The van der Waals surface area contributed by atoms with Crippen LogP contribution >= 0.6 is 0 Å². The molecule has 7 heteroatoms. The molecule has 3 amide bonds. The minimum atomic E-state index is -0.935. The van der Waals surface area contributed by atoms with E-state index in [1.807, 2.05) is 0 Å². The van der Waals surface area contributed by atoms with E-state index in [9.17, 15) is 14.4 Å². The summed E-state index contributed by atoms with van der Waals surface area (Å²) in [5.41, 5.74) is 5.17. The van der Waals surface area contributed by atoms with Crippen LogP contribution in [0.15, 0.2) is 0 Å². The predicted molar refractivity (Wildman–Crippen MR) is 73.0 cm³/mol. The minimum Gasteiger partial charge on any atom is -0.481 e. The molecule has 1 fully saturated rings. The van der Waals surface area contributed by atoms with Crippen molar-refractivity contribution >= 4 is 17.9 Å². The lowest BCUT2D eigenvalue weighted by molar-refractivity contribution is -0.141. The van der Waals surface area contributed by atoms with Gasteiger partial charge in [0.05, 0.1) is 5.92 Å². The maximum Gasteiger partial charge on any atom is 0.318 e. The fourth-order valence-electron chi connectivity index (χ4n) is 2.47. The molecule has 0 heterocycles. The molecule has 1 rings (SSSR count). The average molecular weight is 285 g/mol. The van der Waals surface area contributed by atoms with Crippen LogP contribution in [0.2, 0.25) is 0 Å². The Kier molecular flexibility index (Phi) is 6.27. The highest BCUT2D eigenvalue weighted by molar-refractivity contribution is 5.83. The first kappa shape index (κ1) is 16.3. The van der Waals surface area contributed by atoms with Gasteiger partial charge >= 0.3 is 12.0 Å². The molecule has 0 radical (unpaired) electrons. The summed E-state index contributed by atoms with van der Waals surface area (Å²) in [6, 6.07) is -0.386. The summed E-state index contributed by atoms with van der Waals surface area (Å²) in [5, 5.41) is 11.5. The monoisotopic (exact) mass is 285 g/mol. The summed E-state index contributed by atoms with van der Waals surface area (Å²) >= 11 is 0. The lowest BCUT2D eigenvalue weighted by Crippen LogP contribution is -2.50. The third kappa shape index (κ3) is 4.71. The van der Waals surface area contributed by atoms with Gasteiger partial charge in [0.1, 0.15) is 6.54 Å². The number of urea groups is 1. The van der Waals surface area contributed by atoms with E-state index < -0.39 is 23.8 Å². The Morgan fingerprint density at radius 1 is 1.35 bits per heavy atom. The van der Waals surface area contributed by atoms with Crippen LogP contribution in [0, 0.1) is 5.92 Å². The van der Waals surface area contributed by atoms with Crippen molar-refractivity contribution in [2.75, 3.05) is 13.1 Å². The molecule has 0 aliphatic heterocycles. The van der Waals surface area contributed by atoms with E-state index in [1.54, 1.807) is 6.92 Å². The standard InChI is InChI=1S/C13H23N3O4/c1-2-9(12(18)19)7-15-13(20)16(8-11(14)17)10-5-3-4-6-10/h9-10H,2-8H2,1H3,(H2,14,17)(H,15,20)(H,18,19). The molecule has 1 unspecified atom stereocenters. The van der Waals surface area contributed by atoms with Crippen LogP contribution in [0.4, 0.5) is 4.79 Å². The number of nitrogens with zero attached hydrogens (tertiary/aromatic N) is 1. The lowest BCUT2D eigenvalue weighted by atomic mass is 10.1. The second kappa shape index (κ2) is 7.72. The summed E-state index contributed by atoms with van der Waals surface area (Å²) in [6.45, 7) is 1.69. The van der Waals surface area contributed by atoms with Gasteiger partial charge in [-0.1, -0.05) is 19.8 Å².